The minimum Gasteiger partial charge on any atom is -0.396 e. The predicted molar refractivity (Wildman–Crippen MR) is 70.1 cm³/mol. The van der Waals surface area contributed by atoms with Crippen LogP contribution in [-0.4, -0.2) is 14.5 Å². The Morgan fingerprint density at radius 2 is 2.00 bits per heavy atom. The van der Waals surface area contributed by atoms with Gasteiger partial charge in [-0.3, -0.25) is 0 Å². The van der Waals surface area contributed by atoms with Crippen molar-refractivity contribution in [3.8, 4) is 0 Å². The summed E-state index contributed by atoms with van der Waals surface area (Å²) in [5.41, 5.74) is 5.20. The summed E-state index contributed by atoms with van der Waals surface area (Å²) in [5.74, 6) is -0.438. The summed E-state index contributed by atoms with van der Waals surface area (Å²) >= 11 is 0. The second-order valence-electron chi connectivity index (χ2n) is 4.56. The van der Waals surface area contributed by atoms with Crippen molar-refractivity contribution < 1.29 is 12.8 Å². The average molecular weight is 274 g/mol. The first-order valence-electron chi connectivity index (χ1n) is 5.85. The lowest BCUT2D eigenvalue weighted by atomic mass is 10.0. The summed E-state index contributed by atoms with van der Waals surface area (Å²) < 4.78 is 39.8. The van der Waals surface area contributed by atoms with E-state index in [1.807, 2.05) is 20.8 Å². The van der Waals surface area contributed by atoms with Gasteiger partial charge in [0.1, 0.15) is 5.82 Å². The lowest BCUT2D eigenvalue weighted by Gasteiger charge is -2.20. The maximum atomic E-state index is 13.0. The van der Waals surface area contributed by atoms with Crippen molar-refractivity contribution in [2.24, 2.45) is 5.92 Å². The molecule has 0 aromatic heterocycles. The number of nitrogens with one attached hydrogen (secondary N) is 1. The van der Waals surface area contributed by atoms with E-state index in [9.17, 15) is 12.8 Å². The highest BCUT2D eigenvalue weighted by atomic mass is 32.2. The van der Waals surface area contributed by atoms with E-state index < -0.39 is 15.8 Å². The van der Waals surface area contributed by atoms with Crippen molar-refractivity contribution in [3.05, 3.63) is 24.0 Å². The molecule has 102 valence electrons. The van der Waals surface area contributed by atoms with Crippen LogP contribution < -0.4 is 10.5 Å². The van der Waals surface area contributed by atoms with E-state index >= 15 is 0 Å². The third kappa shape index (κ3) is 3.43. The number of hydrogen-bond donors (Lipinski definition) is 2. The van der Waals surface area contributed by atoms with E-state index in [-0.39, 0.29) is 22.5 Å². The van der Waals surface area contributed by atoms with E-state index in [2.05, 4.69) is 4.72 Å². The Morgan fingerprint density at radius 3 is 2.44 bits per heavy atom. The van der Waals surface area contributed by atoms with Crippen LogP contribution in [0.25, 0.3) is 0 Å². The minimum absolute atomic E-state index is 0.0134. The zero-order valence-corrected chi connectivity index (χ0v) is 11.6. The summed E-state index contributed by atoms with van der Waals surface area (Å²) in [5, 5.41) is 0. The van der Waals surface area contributed by atoms with Gasteiger partial charge in [0.25, 0.3) is 0 Å². The van der Waals surface area contributed by atoms with Gasteiger partial charge in [-0.25, -0.2) is 17.5 Å². The topological polar surface area (TPSA) is 72.2 Å². The first-order valence-corrected chi connectivity index (χ1v) is 7.33. The molecular formula is C12H19FN2O2S. The van der Waals surface area contributed by atoms with Crippen LogP contribution in [0.3, 0.4) is 0 Å². The molecule has 0 heterocycles. The molecule has 1 atom stereocenters. The third-order valence-electron chi connectivity index (χ3n) is 2.83. The zero-order chi connectivity index (χ0) is 13.9. The molecule has 0 amide bonds. The van der Waals surface area contributed by atoms with Crippen LogP contribution in [0.5, 0.6) is 0 Å². The lowest BCUT2D eigenvalue weighted by molar-refractivity contribution is 0.437. The average Bonchev–Trinajstić information content (AvgIpc) is 2.29. The molecule has 0 aliphatic heterocycles. The molecule has 0 spiro atoms. The Balaban J connectivity index is 3.02. The van der Waals surface area contributed by atoms with Crippen LogP contribution in [-0.2, 0) is 10.0 Å². The second kappa shape index (κ2) is 5.67. The number of nitrogens with two attached hydrogens (primary N) is 1. The Kier molecular flexibility index (Phi) is 4.70. The fourth-order valence-electron chi connectivity index (χ4n) is 1.65. The SMILES string of the molecule is CCC(NS(=O)(=O)c1ccc(F)c(N)c1)C(C)C. The fourth-order valence-corrected chi connectivity index (χ4v) is 3.15. The first kappa shape index (κ1) is 14.9. The monoisotopic (exact) mass is 274 g/mol. The van der Waals surface area contributed by atoms with Crippen LogP contribution in [0.1, 0.15) is 27.2 Å². The molecule has 1 aromatic rings. The first-order chi connectivity index (χ1) is 8.27. The van der Waals surface area contributed by atoms with Crippen molar-refractivity contribution in [2.45, 2.75) is 38.1 Å². The summed E-state index contributed by atoms with van der Waals surface area (Å²) in [6.07, 6.45) is 0.688. The number of sulfonamides is 1. The summed E-state index contributed by atoms with van der Waals surface area (Å²) in [4.78, 5) is -0.0134. The van der Waals surface area contributed by atoms with Crippen LogP contribution in [0.15, 0.2) is 23.1 Å². The van der Waals surface area contributed by atoms with E-state index in [1.54, 1.807) is 0 Å². The van der Waals surface area contributed by atoms with Crippen molar-refractivity contribution in [2.75, 3.05) is 5.73 Å². The summed E-state index contributed by atoms with van der Waals surface area (Å²) in [6.45, 7) is 5.79. The van der Waals surface area contributed by atoms with Gasteiger partial charge in [0.05, 0.1) is 10.6 Å². The van der Waals surface area contributed by atoms with Gasteiger partial charge in [0.2, 0.25) is 10.0 Å². The summed E-state index contributed by atoms with van der Waals surface area (Å²) in [7, 11) is -3.65. The van der Waals surface area contributed by atoms with Crippen LogP contribution in [0.2, 0.25) is 0 Å². The Hall–Kier alpha value is -1.14. The molecule has 0 saturated carbocycles. The van der Waals surface area contributed by atoms with Gasteiger partial charge < -0.3 is 5.73 Å². The zero-order valence-electron chi connectivity index (χ0n) is 10.8. The molecule has 0 aliphatic carbocycles. The van der Waals surface area contributed by atoms with Crippen molar-refractivity contribution in [1.82, 2.24) is 4.72 Å². The van der Waals surface area contributed by atoms with E-state index in [1.165, 1.54) is 6.07 Å². The Bertz CT molecular complexity index is 515. The highest BCUT2D eigenvalue weighted by Gasteiger charge is 2.21. The van der Waals surface area contributed by atoms with Gasteiger partial charge in [0.15, 0.2) is 0 Å². The van der Waals surface area contributed by atoms with E-state index in [0.717, 1.165) is 12.1 Å². The Morgan fingerprint density at radius 1 is 1.39 bits per heavy atom. The molecular weight excluding hydrogens is 255 g/mol. The van der Waals surface area contributed by atoms with Gasteiger partial charge in [-0.05, 0) is 30.5 Å². The highest BCUT2D eigenvalue weighted by molar-refractivity contribution is 7.89. The molecule has 0 saturated heterocycles. The highest BCUT2D eigenvalue weighted by Crippen LogP contribution is 2.18. The number of halogens is 1. The van der Waals surface area contributed by atoms with E-state index in [0.29, 0.717) is 6.42 Å². The lowest BCUT2D eigenvalue weighted by Crippen LogP contribution is -2.38. The summed E-state index contributed by atoms with van der Waals surface area (Å²) in [6, 6.07) is 3.24. The predicted octanol–water partition coefficient (Wildman–Crippen LogP) is 2.12. The van der Waals surface area contributed by atoms with Crippen LogP contribution >= 0.6 is 0 Å². The molecule has 0 bridgehead atoms. The van der Waals surface area contributed by atoms with Crippen molar-refractivity contribution >= 4 is 15.7 Å². The molecule has 1 rings (SSSR count). The molecule has 6 heteroatoms. The Labute approximate surface area is 107 Å². The number of rotatable bonds is 5. The molecule has 0 fully saturated rings. The van der Waals surface area contributed by atoms with Gasteiger partial charge in [0, 0.05) is 6.04 Å². The number of anilines is 1. The third-order valence-corrected chi connectivity index (χ3v) is 4.32. The smallest absolute Gasteiger partial charge is 0.240 e. The van der Waals surface area contributed by atoms with E-state index in [4.69, 9.17) is 5.73 Å². The fraction of sp³-hybridized carbons (Fsp3) is 0.500. The molecule has 0 aliphatic rings. The largest absolute Gasteiger partial charge is 0.396 e. The quantitative estimate of drug-likeness (QED) is 0.808. The molecule has 3 N–H and O–H groups in total. The maximum absolute atomic E-state index is 13.0. The second-order valence-corrected chi connectivity index (χ2v) is 6.28. The van der Waals surface area contributed by atoms with Gasteiger partial charge in [-0.1, -0.05) is 20.8 Å². The van der Waals surface area contributed by atoms with Crippen molar-refractivity contribution in [1.29, 1.82) is 0 Å². The van der Waals surface area contributed by atoms with Gasteiger partial charge in [-0.2, -0.15) is 0 Å². The molecule has 0 radical (unpaired) electrons. The van der Waals surface area contributed by atoms with Crippen molar-refractivity contribution in [3.63, 3.8) is 0 Å². The number of nitrogen functional groups attached to an aromatic ring is 1. The normalized spacial score (nSPS) is 13.8. The number of benzene rings is 1. The minimum atomic E-state index is -3.65. The molecule has 1 aromatic carbocycles. The van der Waals surface area contributed by atoms with Crippen LogP contribution in [0.4, 0.5) is 10.1 Å². The van der Waals surface area contributed by atoms with Crippen LogP contribution in [0, 0.1) is 11.7 Å². The van der Waals surface area contributed by atoms with Gasteiger partial charge in [-0.15, -0.1) is 0 Å². The molecule has 4 nitrogen and oxygen atoms in total. The molecule has 18 heavy (non-hydrogen) atoms. The maximum Gasteiger partial charge on any atom is 0.240 e. The van der Waals surface area contributed by atoms with Gasteiger partial charge >= 0.3 is 0 Å². The molecule has 1 unspecified atom stereocenters. The number of hydrogen-bond acceptors (Lipinski definition) is 3. The standard InChI is InChI=1S/C12H19FN2O2S/c1-4-12(8(2)3)15-18(16,17)9-5-6-10(13)11(14)7-9/h5-8,12,15H,4,14H2,1-3H3.